The van der Waals surface area contributed by atoms with Gasteiger partial charge < -0.3 is 5.32 Å². The maximum absolute atomic E-state index is 13.6. The maximum atomic E-state index is 13.6. The lowest BCUT2D eigenvalue weighted by Crippen LogP contribution is -2.34. The summed E-state index contributed by atoms with van der Waals surface area (Å²) in [4.78, 5) is 4.19. The van der Waals surface area contributed by atoms with E-state index in [-0.39, 0.29) is 5.82 Å². The van der Waals surface area contributed by atoms with Gasteiger partial charge in [0, 0.05) is 6.04 Å². The fourth-order valence-corrected chi connectivity index (χ4v) is 2.66. The quantitative estimate of drug-likeness (QED) is 0.849. The molecule has 4 heteroatoms. The maximum Gasteiger partial charge on any atom is 0.131 e. The Morgan fingerprint density at radius 1 is 1.11 bits per heavy atom. The van der Waals surface area contributed by atoms with Crippen LogP contribution in [-0.2, 0) is 0 Å². The van der Waals surface area contributed by atoms with Gasteiger partial charge in [-0.1, -0.05) is 35.9 Å². The van der Waals surface area contributed by atoms with Crippen LogP contribution in [0.2, 0.25) is 5.15 Å². The van der Waals surface area contributed by atoms with Crippen molar-refractivity contribution in [2.24, 2.45) is 0 Å². The van der Waals surface area contributed by atoms with Crippen LogP contribution in [0.3, 0.4) is 0 Å². The summed E-state index contributed by atoms with van der Waals surface area (Å²) >= 11 is 5.83. The second-order valence-electron chi connectivity index (χ2n) is 4.88. The zero-order valence-electron chi connectivity index (χ0n) is 10.3. The number of benzene rings is 1. The van der Waals surface area contributed by atoms with E-state index in [2.05, 4.69) is 10.3 Å². The highest BCUT2D eigenvalue weighted by atomic mass is 35.5. The summed E-state index contributed by atoms with van der Waals surface area (Å²) in [6.07, 6.45) is 1.85. The van der Waals surface area contributed by atoms with Gasteiger partial charge in [-0.15, -0.1) is 0 Å². The molecule has 0 radical (unpaired) electrons. The fraction of sp³-hybridized carbons (Fsp3) is 0.267. The van der Waals surface area contributed by atoms with Crippen molar-refractivity contribution in [1.29, 1.82) is 0 Å². The van der Waals surface area contributed by atoms with Gasteiger partial charge in [-0.2, -0.15) is 0 Å². The molecule has 1 saturated carbocycles. The van der Waals surface area contributed by atoms with E-state index in [0.717, 1.165) is 24.2 Å². The van der Waals surface area contributed by atoms with Gasteiger partial charge in [-0.05, 0) is 42.5 Å². The number of pyridine rings is 1. The minimum Gasteiger partial charge on any atom is -0.367 e. The zero-order chi connectivity index (χ0) is 13.2. The Hall–Kier alpha value is -1.61. The van der Waals surface area contributed by atoms with Crippen molar-refractivity contribution in [1.82, 2.24) is 4.98 Å². The molecule has 3 rings (SSSR count). The fourth-order valence-electron chi connectivity index (χ4n) is 2.49. The van der Waals surface area contributed by atoms with E-state index in [1.54, 1.807) is 12.1 Å². The van der Waals surface area contributed by atoms with Gasteiger partial charge in [0.15, 0.2) is 0 Å². The van der Waals surface area contributed by atoms with Gasteiger partial charge >= 0.3 is 0 Å². The summed E-state index contributed by atoms with van der Waals surface area (Å²) in [6.45, 7) is 0. The molecule has 1 aliphatic rings. The first kappa shape index (κ1) is 12.4. The molecule has 98 valence electrons. The molecule has 0 bridgehead atoms. The van der Waals surface area contributed by atoms with E-state index < -0.39 is 0 Å². The summed E-state index contributed by atoms with van der Waals surface area (Å²) < 4.78 is 13.6. The van der Waals surface area contributed by atoms with Gasteiger partial charge in [-0.25, -0.2) is 9.37 Å². The van der Waals surface area contributed by atoms with Crippen molar-refractivity contribution in [3.63, 3.8) is 0 Å². The number of aromatic nitrogens is 1. The predicted molar refractivity (Wildman–Crippen MR) is 75.0 cm³/mol. The third-order valence-corrected chi connectivity index (χ3v) is 3.76. The first-order valence-electron chi connectivity index (χ1n) is 6.36. The van der Waals surface area contributed by atoms with Crippen molar-refractivity contribution in [3.8, 4) is 0 Å². The zero-order valence-corrected chi connectivity index (χ0v) is 11.1. The second-order valence-corrected chi connectivity index (χ2v) is 5.26. The molecule has 0 saturated heterocycles. The molecular formula is C15H14ClFN2. The predicted octanol–water partition coefficient (Wildman–Crippen LogP) is 4.23. The highest BCUT2D eigenvalue weighted by molar-refractivity contribution is 6.29. The number of anilines is 1. The normalized spacial score (nSPS) is 21.8. The van der Waals surface area contributed by atoms with Crippen LogP contribution in [0, 0.1) is 5.82 Å². The Bertz CT molecular complexity index is 582. The molecule has 2 nitrogen and oxygen atoms in total. The molecule has 1 N–H and O–H groups in total. The second kappa shape index (κ2) is 5.17. The molecule has 19 heavy (non-hydrogen) atoms. The molecule has 2 aromatic rings. The third kappa shape index (κ3) is 2.71. The molecular weight excluding hydrogens is 263 g/mol. The molecule has 0 aliphatic heterocycles. The van der Waals surface area contributed by atoms with Crippen LogP contribution in [0.5, 0.6) is 0 Å². The molecule has 1 fully saturated rings. The highest BCUT2D eigenvalue weighted by Gasteiger charge is 2.31. The van der Waals surface area contributed by atoms with Gasteiger partial charge in [0.25, 0.3) is 0 Å². The summed E-state index contributed by atoms with van der Waals surface area (Å²) in [5.74, 6) is 0.981. The largest absolute Gasteiger partial charge is 0.367 e. The monoisotopic (exact) mass is 276 g/mol. The molecule has 0 spiro atoms. The standard InChI is InChI=1S/C15H14ClFN2/c16-14-6-3-7-15(19-14)18-11-8-10(9-11)12-4-1-2-5-13(12)17/h1-7,10-11H,8-9H2,(H,18,19). The SMILES string of the molecule is Fc1ccccc1C1CC(Nc2cccc(Cl)n2)C1. The van der Waals surface area contributed by atoms with Crippen LogP contribution in [0.15, 0.2) is 42.5 Å². The van der Waals surface area contributed by atoms with E-state index in [1.165, 1.54) is 6.07 Å². The number of hydrogen-bond donors (Lipinski definition) is 1. The van der Waals surface area contributed by atoms with E-state index in [1.807, 2.05) is 24.3 Å². The average Bonchev–Trinajstić information content (AvgIpc) is 2.35. The Labute approximate surface area is 116 Å². The molecule has 1 aromatic heterocycles. The van der Waals surface area contributed by atoms with Crippen molar-refractivity contribution in [3.05, 3.63) is 59.0 Å². The first-order chi connectivity index (χ1) is 9.22. The van der Waals surface area contributed by atoms with Crippen LogP contribution >= 0.6 is 11.6 Å². The smallest absolute Gasteiger partial charge is 0.131 e. The van der Waals surface area contributed by atoms with Gasteiger partial charge in [0.2, 0.25) is 0 Å². The number of nitrogens with zero attached hydrogens (tertiary/aromatic N) is 1. The van der Waals surface area contributed by atoms with Gasteiger partial charge in [-0.3, -0.25) is 0 Å². The number of rotatable bonds is 3. The summed E-state index contributed by atoms with van der Waals surface area (Å²) in [6, 6.07) is 12.8. The Balaban J connectivity index is 1.60. The third-order valence-electron chi connectivity index (χ3n) is 3.55. The van der Waals surface area contributed by atoms with Crippen LogP contribution in [0.25, 0.3) is 0 Å². The van der Waals surface area contributed by atoms with Crippen LogP contribution in [-0.4, -0.2) is 11.0 Å². The summed E-state index contributed by atoms with van der Waals surface area (Å²) in [5.41, 5.74) is 0.819. The van der Waals surface area contributed by atoms with E-state index in [0.29, 0.717) is 17.1 Å². The first-order valence-corrected chi connectivity index (χ1v) is 6.73. The lowest BCUT2D eigenvalue weighted by Gasteiger charge is -2.36. The van der Waals surface area contributed by atoms with E-state index in [9.17, 15) is 4.39 Å². The molecule has 1 aromatic carbocycles. The molecule has 0 atom stereocenters. The van der Waals surface area contributed by atoms with Gasteiger partial charge in [0.1, 0.15) is 16.8 Å². The lowest BCUT2D eigenvalue weighted by atomic mass is 9.75. The number of halogens is 2. The minimum absolute atomic E-state index is 0.105. The topological polar surface area (TPSA) is 24.9 Å². The Morgan fingerprint density at radius 2 is 1.89 bits per heavy atom. The minimum atomic E-state index is -0.105. The van der Waals surface area contributed by atoms with Crippen molar-refractivity contribution in [2.45, 2.75) is 24.8 Å². The van der Waals surface area contributed by atoms with Crippen LogP contribution in [0.1, 0.15) is 24.3 Å². The molecule has 0 unspecified atom stereocenters. The van der Waals surface area contributed by atoms with Crippen LogP contribution < -0.4 is 5.32 Å². The average molecular weight is 277 g/mol. The van der Waals surface area contributed by atoms with Crippen LogP contribution in [0.4, 0.5) is 10.2 Å². The number of nitrogens with one attached hydrogen (secondary N) is 1. The molecule has 1 heterocycles. The Kier molecular flexibility index (Phi) is 3.38. The molecule has 1 aliphatic carbocycles. The van der Waals surface area contributed by atoms with Crippen molar-refractivity contribution in [2.75, 3.05) is 5.32 Å². The van der Waals surface area contributed by atoms with E-state index in [4.69, 9.17) is 11.6 Å². The molecule has 0 amide bonds. The summed E-state index contributed by atoms with van der Waals surface area (Å²) in [7, 11) is 0. The van der Waals surface area contributed by atoms with E-state index >= 15 is 0 Å². The highest BCUT2D eigenvalue weighted by Crippen LogP contribution is 2.39. The van der Waals surface area contributed by atoms with Crippen molar-refractivity contribution < 1.29 is 4.39 Å². The van der Waals surface area contributed by atoms with Gasteiger partial charge in [0.05, 0.1) is 0 Å². The lowest BCUT2D eigenvalue weighted by molar-refractivity contribution is 0.362. The van der Waals surface area contributed by atoms with Crippen molar-refractivity contribution >= 4 is 17.4 Å². The number of hydrogen-bond acceptors (Lipinski definition) is 2. The summed E-state index contributed by atoms with van der Waals surface area (Å²) in [5, 5.41) is 3.80. The Morgan fingerprint density at radius 3 is 2.63 bits per heavy atom.